The molecule has 0 saturated heterocycles. The van der Waals surface area contributed by atoms with E-state index in [2.05, 4.69) is 10.1 Å². The van der Waals surface area contributed by atoms with E-state index in [1.165, 1.54) is 6.33 Å². The van der Waals surface area contributed by atoms with E-state index in [0.717, 1.165) is 0 Å². The molecule has 0 aromatic carbocycles. The summed E-state index contributed by atoms with van der Waals surface area (Å²) in [6.07, 6.45) is 1.48. The maximum Gasteiger partial charge on any atom is 0.360 e. The number of carbonyl (C=O) groups excluding carboxylic acids is 1. The highest BCUT2D eigenvalue weighted by Gasteiger charge is 2.17. The van der Waals surface area contributed by atoms with Crippen molar-refractivity contribution in [1.29, 1.82) is 0 Å². The number of imidazole rings is 1. The number of nitrogens with two attached hydrogens (primary N) is 1. The van der Waals surface area contributed by atoms with E-state index in [0.29, 0.717) is 18.0 Å². The lowest BCUT2D eigenvalue weighted by Gasteiger charge is -2.02. The number of aryl methyl sites for hydroxylation is 1. The van der Waals surface area contributed by atoms with Gasteiger partial charge < -0.3 is 19.6 Å². The van der Waals surface area contributed by atoms with Gasteiger partial charge in [0, 0.05) is 6.07 Å². The zero-order valence-corrected chi connectivity index (χ0v) is 10.2. The van der Waals surface area contributed by atoms with Crippen LogP contribution in [0.25, 0.3) is 0 Å². The third-order valence-corrected chi connectivity index (χ3v) is 2.36. The highest BCUT2D eigenvalue weighted by molar-refractivity contribution is 5.92. The van der Waals surface area contributed by atoms with Gasteiger partial charge in [0.05, 0.1) is 19.5 Å². The van der Waals surface area contributed by atoms with Gasteiger partial charge in [0.2, 0.25) is 0 Å². The van der Waals surface area contributed by atoms with Crippen molar-refractivity contribution in [1.82, 2.24) is 14.7 Å². The third kappa shape index (κ3) is 2.34. The molecule has 7 nitrogen and oxygen atoms in total. The van der Waals surface area contributed by atoms with Crippen LogP contribution in [-0.2, 0) is 11.3 Å². The highest BCUT2D eigenvalue weighted by atomic mass is 16.5. The average Bonchev–Trinajstić information content (AvgIpc) is 2.88. The Balaban J connectivity index is 2.18. The molecular formula is C11H14N4O3. The molecule has 2 N–H and O–H groups in total. The van der Waals surface area contributed by atoms with Gasteiger partial charge in [-0.05, 0) is 13.8 Å². The van der Waals surface area contributed by atoms with E-state index in [4.69, 9.17) is 15.0 Å². The lowest BCUT2D eigenvalue weighted by molar-refractivity contribution is 0.0521. The maximum absolute atomic E-state index is 11.5. The average molecular weight is 250 g/mol. The van der Waals surface area contributed by atoms with Crippen molar-refractivity contribution in [2.45, 2.75) is 20.4 Å². The monoisotopic (exact) mass is 250 g/mol. The van der Waals surface area contributed by atoms with E-state index in [1.54, 1.807) is 24.5 Å². The Morgan fingerprint density at radius 1 is 1.61 bits per heavy atom. The number of hydrogen-bond donors (Lipinski definition) is 1. The van der Waals surface area contributed by atoms with E-state index in [1.807, 2.05) is 0 Å². The number of carbonyl (C=O) groups is 1. The van der Waals surface area contributed by atoms with Crippen LogP contribution < -0.4 is 5.73 Å². The molecule has 18 heavy (non-hydrogen) atoms. The molecule has 2 aromatic heterocycles. The molecule has 2 heterocycles. The van der Waals surface area contributed by atoms with Gasteiger partial charge in [-0.3, -0.25) is 0 Å². The maximum atomic E-state index is 11.5. The summed E-state index contributed by atoms with van der Waals surface area (Å²) in [6, 6.07) is 1.80. The van der Waals surface area contributed by atoms with Crippen molar-refractivity contribution < 1.29 is 14.1 Å². The first-order valence-electron chi connectivity index (χ1n) is 5.51. The van der Waals surface area contributed by atoms with Gasteiger partial charge in [-0.25, -0.2) is 9.78 Å². The molecule has 7 heteroatoms. The molecule has 96 valence electrons. The second kappa shape index (κ2) is 4.91. The predicted molar refractivity (Wildman–Crippen MR) is 62.9 cm³/mol. The lowest BCUT2D eigenvalue weighted by atomic mass is 10.3. The van der Waals surface area contributed by atoms with Crippen LogP contribution >= 0.6 is 0 Å². The molecule has 0 aliphatic rings. The van der Waals surface area contributed by atoms with E-state index >= 15 is 0 Å². The van der Waals surface area contributed by atoms with Gasteiger partial charge in [0.25, 0.3) is 0 Å². The van der Waals surface area contributed by atoms with Gasteiger partial charge in [-0.15, -0.1) is 0 Å². The van der Waals surface area contributed by atoms with Crippen molar-refractivity contribution in [3.8, 4) is 0 Å². The summed E-state index contributed by atoms with van der Waals surface area (Å²) in [6.45, 7) is 4.21. The van der Waals surface area contributed by atoms with Crippen LogP contribution in [0.15, 0.2) is 16.9 Å². The number of esters is 1. The Bertz CT molecular complexity index is 558. The Morgan fingerprint density at radius 2 is 2.39 bits per heavy atom. The SMILES string of the molecule is CCOC(=O)c1ncn(Cc2cc(C)on2)c1N. The standard InChI is InChI=1S/C11H14N4O3/c1-3-17-11(16)9-10(12)15(6-13-9)5-8-4-7(2)18-14-8/h4,6H,3,5,12H2,1-2H3. The van der Waals surface area contributed by atoms with Crippen molar-refractivity contribution in [3.05, 3.63) is 29.5 Å². The zero-order chi connectivity index (χ0) is 13.1. The van der Waals surface area contributed by atoms with Crippen LogP contribution in [0.2, 0.25) is 0 Å². The fraction of sp³-hybridized carbons (Fsp3) is 0.364. The smallest absolute Gasteiger partial charge is 0.360 e. The quantitative estimate of drug-likeness (QED) is 0.813. The van der Waals surface area contributed by atoms with Crippen molar-refractivity contribution in [2.24, 2.45) is 0 Å². The number of ether oxygens (including phenoxy) is 1. The summed E-state index contributed by atoms with van der Waals surface area (Å²) in [5.74, 6) is 0.452. The second-order valence-electron chi connectivity index (χ2n) is 3.76. The molecule has 0 unspecified atom stereocenters. The van der Waals surface area contributed by atoms with Crippen LogP contribution in [0, 0.1) is 6.92 Å². The van der Waals surface area contributed by atoms with Crippen LogP contribution in [0.4, 0.5) is 5.82 Å². The number of hydrogen-bond acceptors (Lipinski definition) is 6. The molecule has 0 saturated carbocycles. The molecule has 0 spiro atoms. The molecule has 0 radical (unpaired) electrons. The number of nitrogens with zero attached hydrogens (tertiary/aromatic N) is 3. The van der Waals surface area contributed by atoms with Crippen LogP contribution in [0.1, 0.15) is 28.9 Å². The van der Waals surface area contributed by atoms with Gasteiger partial charge in [-0.2, -0.15) is 0 Å². The number of rotatable bonds is 4. The Labute approximate surface area is 104 Å². The zero-order valence-electron chi connectivity index (χ0n) is 10.2. The minimum Gasteiger partial charge on any atom is -0.461 e. The number of aromatic nitrogens is 3. The molecule has 2 aromatic rings. The molecular weight excluding hydrogens is 236 g/mol. The number of anilines is 1. The summed E-state index contributed by atoms with van der Waals surface area (Å²) >= 11 is 0. The lowest BCUT2D eigenvalue weighted by Crippen LogP contribution is -2.10. The van der Waals surface area contributed by atoms with Crippen molar-refractivity contribution >= 4 is 11.8 Å². The minimum absolute atomic E-state index is 0.122. The second-order valence-corrected chi connectivity index (χ2v) is 3.76. The Morgan fingerprint density at radius 3 is 3.00 bits per heavy atom. The summed E-state index contributed by atoms with van der Waals surface area (Å²) < 4.78 is 11.4. The Hall–Kier alpha value is -2.31. The van der Waals surface area contributed by atoms with Gasteiger partial charge in [-0.1, -0.05) is 5.16 Å². The predicted octanol–water partition coefficient (Wildman–Crippen LogP) is 0.987. The van der Waals surface area contributed by atoms with Gasteiger partial charge in [0.1, 0.15) is 17.3 Å². The van der Waals surface area contributed by atoms with Crippen LogP contribution in [0.3, 0.4) is 0 Å². The molecule has 0 aliphatic carbocycles. The largest absolute Gasteiger partial charge is 0.461 e. The topological polar surface area (TPSA) is 96.2 Å². The molecule has 0 amide bonds. The molecule has 0 bridgehead atoms. The van der Waals surface area contributed by atoms with Gasteiger partial charge in [0.15, 0.2) is 5.69 Å². The molecule has 0 aliphatic heterocycles. The van der Waals surface area contributed by atoms with E-state index in [-0.39, 0.29) is 18.1 Å². The van der Waals surface area contributed by atoms with Crippen molar-refractivity contribution in [2.75, 3.05) is 12.3 Å². The minimum atomic E-state index is -0.523. The molecule has 2 rings (SSSR count). The van der Waals surface area contributed by atoms with Gasteiger partial charge >= 0.3 is 5.97 Å². The first-order valence-corrected chi connectivity index (χ1v) is 5.51. The van der Waals surface area contributed by atoms with Crippen molar-refractivity contribution in [3.63, 3.8) is 0 Å². The van der Waals surface area contributed by atoms with E-state index < -0.39 is 5.97 Å². The van der Waals surface area contributed by atoms with E-state index in [9.17, 15) is 4.79 Å². The van der Waals surface area contributed by atoms with Crippen LogP contribution in [0.5, 0.6) is 0 Å². The first-order chi connectivity index (χ1) is 8.61. The third-order valence-electron chi connectivity index (χ3n) is 2.36. The summed E-state index contributed by atoms with van der Waals surface area (Å²) in [5, 5.41) is 3.85. The Kier molecular flexibility index (Phi) is 3.31. The van der Waals surface area contributed by atoms with Crippen LogP contribution in [-0.4, -0.2) is 27.3 Å². The molecule has 0 atom stereocenters. The summed E-state index contributed by atoms with van der Waals surface area (Å²) in [4.78, 5) is 15.5. The fourth-order valence-corrected chi connectivity index (χ4v) is 1.54. The molecule has 0 fully saturated rings. The summed E-state index contributed by atoms with van der Waals surface area (Å²) in [5.41, 5.74) is 6.67. The highest BCUT2D eigenvalue weighted by Crippen LogP contribution is 2.14. The normalized spacial score (nSPS) is 10.6. The first kappa shape index (κ1) is 12.2. The summed E-state index contributed by atoms with van der Waals surface area (Å²) in [7, 11) is 0. The fourth-order valence-electron chi connectivity index (χ4n) is 1.54. The number of nitrogen functional groups attached to an aromatic ring is 1.